The van der Waals surface area contributed by atoms with E-state index in [0.717, 1.165) is 33.7 Å². The summed E-state index contributed by atoms with van der Waals surface area (Å²) in [6.07, 6.45) is 2.23. The molecule has 9 heteroatoms. The Kier molecular flexibility index (Phi) is 11.7. The highest BCUT2D eigenvalue weighted by atomic mass is 35.5. The summed E-state index contributed by atoms with van der Waals surface area (Å²) in [4.78, 5) is 41.4. The third-order valence-electron chi connectivity index (χ3n) is 7.49. The Morgan fingerprint density at radius 2 is 1.42 bits per heavy atom. The second-order valence-corrected chi connectivity index (χ2v) is 12.8. The van der Waals surface area contributed by atoms with Crippen molar-refractivity contribution in [3.8, 4) is 0 Å². The number of anilines is 2. The van der Waals surface area contributed by atoms with E-state index in [2.05, 4.69) is 22.9 Å². The van der Waals surface area contributed by atoms with E-state index >= 15 is 0 Å². The monoisotopic (exact) mass is 693 g/mol. The van der Waals surface area contributed by atoms with Crippen LogP contribution in [0.2, 0.25) is 10.0 Å². The highest BCUT2D eigenvalue weighted by molar-refractivity contribution is 8.00. The summed E-state index contributed by atoms with van der Waals surface area (Å²) in [5.74, 6) is -1.21. The quantitative estimate of drug-likeness (QED) is 0.0950. The van der Waals surface area contributed by atoms with Crippen molar-refractivity contribution in [1.29, 1.82) is 0 Å². The van der Waals surface area contributed by atoms with Gasteiger partial charge in [-0.3, -0.25) is 14.4 Å². The molecule has 0 radical (unpaired) electrons. The number of amides is 3. The van der Waals surface area contributed by atoms with Crippen molar-refractivity contribution in [2.75, 3.05) is 10.6 Å². The molecule has 5 aromatic rings. The van der Waals surface area contributed by atoms with Gasteiger partial charge in [0.1, 0.15) is 10.9 Å². The van der Waals surface area contributed by atoms with Crippen LogP contribution < -0.4 is 16.0 Å². The Morgan fingerprint density at radius 3 is 2.10 bits per heavy atom. The first-order valence-electron chi connectivity index (χ1n) is 15.3. The Balaban J connectivity index is 1.41. The molecule has 0 spiro atoms. The molecule has 0 bridgehead atoms. The molecule has 0 aliphatic rings. The molecule has 48 heavy (non-hydrogen) atoms. The summed E-state index contributed by atoms with van der Waals surface area (Å²) in [5, 5.41) is 8.83. The van der Waals surface area contributed by atoms with Crippen molar-refractivity contribution in [3.05, 3.63) is 165 Å². The van der Waals surface area contributed by atoms with Gasteiger partial charge in [0, 0.05) is 37.4 Å². The third kappa shape index (κ3) is 8.75. The number of aryl methyl sites for hydroxylation is 2. The number of hydrogen-bond donors (Lipinski definition) is 3. The van der Waals surface area contributed by atoms with Gasteiger partial charge in [-0.2, -0.15) is 0 Å². The van der Waals surface area contributed by atoms with E-state index in [9.17, 15) is 14.4 Å². The van der Waals surface area contributed by atoms with Crippen molar-refractivity contribution < 1.29 is 14.4 Å². The van der Waals surface area contributed by atoms with Crippen molar-refractivity contribution in [1.82, 2.24) is 5.32 Å². The van der Waals surface area contributed by atoms with Crippen LogP contribution in [0.4, 0.5) is 11.4 Å². The Hall–Kier alpha value is -4.82. The molecule has 5 aromatic carbocycles. The fourth-order valence-corrected chi connectivity index (χ4v) is 6.60. The van der Waals surface area contributed by atoms with Gasteiger partial charge in [0.2, 0.25) is 5.91 Å². The van der Waals surface area contributed by atoms with E-state index in [1.54, 1.807) is 66.7 Å². The Bertz CT molecular complexity index is 1950. The van der Waals surface area contributed by atoms with Gasteiger partial charge in [-0.15, -0.1) is 11.8 Å². The molecule has 5 rings (SSSR count). The van der Waals surface area contributed by atoms with Crippen LogP contribution in [0, 0.1) is 6.92 Å². The zero-order valence-electron chi connectivity index (χ0n) is 26.3. The highest BCUT2D eigenvalue weighted by Gasteiger charge is 2.24. The first kappa shape index (κ1) is 34.5. The fraction of sp³-hybridized carbons (Fsp3) is 0.103. The van der Waals surface area contributed by atoms with Crippen LogP contribution in [-0.4, -0.2) is 17.7 Å². The van der Waals surface area contributed by atoms with Gasteiger partial charge in [0.05, 0.1) is 0 Å². The minimum absolute atomic E-state index is 0.0524. The molecule has 0 aliphatic heterocycles. The SMILES string of the molecule is CCc1cccc(C)c1NC(=O)C(Sc1cccc(NC(=O)/C(=C\c2c(Cl)cccc2Cl)NC(=O)c2ccccc2)c1)c1ccccc1. The molecular formula is C39H33Cl2N3O3S. The zero-order valence-corrected chi connectivity index (χ0v) is 28.6. The van der Waals surface area contributed by atoms with Crippen LogP contribution in [0.1, 0.15) is 44.8 Å². The second kappa shape index (κ2) is 16.3. The smallest absolute Gasteiger partial charge is 0.272 e. The van der Waals surface area contributed by atoms with E-state index in [1.165, 1.54) is 17.8 Å². The van der Waals surface area contributed by atoms with Crippen LogP contribution in [0.3, 0.4) is 0 Å². The van der Waals surface area contributed by atoms with E-state index < -0.39 is 17.1 Å². The maximum absolute atomic E-state index is 13.9. The molecule has 6 nitrogen and oxygen atoms in total. The molecule has 1 unspecified atom stereocenters. The molecule has 242 valence electrons. The van der Waals surface area contributed by atoms with Gasteiger partial charge in [-0.05, 0) is 78.6 Å². The predicted molar refractivity (Wildman–Crippen MR) is 198 cm³/mol. The first-order chi connectivity index (χ1) is 23.2. The molecule has 3 N–H and O–H groups in total. The minimum Gasteiger partial charge on any atom is -0.324 e. The lowest BCUT2D eigenvalue weighted by molar-refractivity contribution is -0.116. The summed E-state index contributed by atoms with van der Waals surface area (Å²) in [6.45, 7) is 4.04. The van der Waals surface area contributed by atoms with Crippen molar-refractivity contribution in [2.45, 2.75) is 30.4 Å². The van der Waals surface area contributed by atoms with Crippen LogP contribution in [0.25, 0.3) is 6.08 Å². The maximum atomic E-state index is 13.9. The summed E-state index contributed by atoms with van der Waals surface area (Å²) in [5.41, 5.74) is 4.89. The topological polar surface area (TPSA) is 87.3 Å². The van der Waals surface area contributed by atoms with Crippen LogP contribution in [-0.2, 0) is 16.0 Å². The summed E-state index contributed by atoms with van der Waals surface area (Å²) >= 11 is 14.2. The van der Waals surface area contributed by atoms with E-state index in [0.29, 0.717) is 26.9 Å². The van der Waals surface area contributed by atoms with E-state index in [-0.39, 0.29) is 11.6 Å². The second-order valence-electron chi connectivity index (χ2n) is 10.9. The summed E-state index contributed by atoms with van der Waals surface area (Å²) < 4.78 is 0. The molecule has 0 saturated carbocycles. The summed E-state index contributed by atoms with van der Waals surface area (Å²) in [6, 6.07) is 36.3. The summed E-state index contributed by atoms with van der Waals surface area (Å²) in [7, 11) is 0. The predicted octanol–water partition coefficient (Wildman–Crippen LogP) is 9.75. The van der Waals surface area contributed by atoms with Crippen molar-refractivity contribution in [3.63, 3.8) is 0 Å². The number of hydrogen-bond acceptors (Lipinski definition) is 4. The number of thioether (sulfide) groups is 1. The van der Waals surface area contributed by atoms with Gasteiger partial charge in [0.25, 0.3) is 11.8 Å². The Morgan fingerprint density at radius 1 is 0.771 bits per heavy atom. The maximum Gasteiger partial charge on any atom is 0.272 e. The highest BCUT2D eigenvalue weighted by Crippen LogP contribution is 2.38. The lowest BCUT2D eigenvalue weighted by Crippen LogP contribution is -2.30. The van der Waals surface area contributed by atoms with Gasteiger partial charge >= 0.3 is 0 Å². The molecule has 0 fully saturated rings. The molecule has 1 atom stereocenters. The molecule has 0 saturated heterocycles. The van der Waals surface area contributed by atoms with Crippen molar-refractivity contribution in [2.24, 2.45) is 0 Å². The number of halogens is 2. The van der Waals surface area contributed by atoms with Gasteiger partial charge < -0.3 is 16.0 Å². The number of nitrogens with one attached hydrogen (secondary N) is 3. The average Bonchev–Trinajstić information content (AvgIpc) is 3.10. The third-order valence-corrected chi connectivity index (χ3v) is 9.40. The number of carbonyl (C=O) groups is 3. The standard InChI is InChI=1S/C39H33Cl2N3O3S/c1-3-26-18-10-13-25(2)35(26)44-39(47)36(27-14-6-4-7-15-27)48-30-20-11-19-29(23-30)42-38(46)34(24-31-32(40)21-12-22-33(31)41)43-37(45)28-16-8-5-9-17-28/h4-24,36H,3H2,1-2H3,(H,42,46)(H,43,45)(H,44,47)/b34-24+. The lowest BCUT2D eigenvalue weighted by atomic mass is 10.1. The van der Waals surface area contributed by atoms with Crippen LogP contribution >= 0.6 is 35.0 Å². The largest absolute Gasteiger partial charge is 0.324 e. The number of rotatable bonds is 11. The molecule has 0 aliphatic carbocycles. The average molecular weight is 695 g/mol. The van der Waals surface area contributed by atoms with E-state index in [4.69, 9.17) is 23.2 Å². The molecular weight excluding hydrogens is 661 g/mol. The number of para-hydroxylation sites is 1. The first-order valence-corrected chi connectivity index (χ1v) is 16.9. The minimum atomic E-state index is -0.582. The normalized spacial score (nSPS) is 11.8. The number of benzene rings is 5. The molecule has 3 amide bonds. The van der Waals surface area contributed by atoms with Gasteiger partial charge in [0.15, 0.2) is 0 Å². The molecule has 0 aromatic heterocycles. The van der Waals surface area contributed by atoms with Gasteiger partial charge in [-0.1, -0.05) is 109 Å². The van der Waals surface area contributed by atoms with Crippen molar-refractivity contribution >= 4 is 70.1 Å². The van der Waals surface area contributed by atoms with Crippen LogP contribution in [0.15, 0.2) is 132 Å². The molecule has 0 heterocycles. The van der Waals surface area contributed by atoms with Crippen LogP contribution in [0.5, 0.6) is 0 Å². The number of carbonyl (C=O) groups excluding carboxylic acids is 3. The van der Waals surface area contributed by atoms with Gasteiger partial charge in [-0.25, -0.2) is 0 Å². The zero-order chi connectivity index (χ0) is 34.0. The van der Waals surface area contributed by atoms with E-state index in [1.807, 2.05) is 61.5 Å². The fourth-order valence-electron chi connectivity index (χ4n) is 5.01. The Labute approximate surface area is 294 Å². The lowest BCUT2D eigenvalue weighted by Gasteiger charge is -2.20.